The molecule has 2 rings (SSSR count). The van der Waals surface area contributed by atoms with Crippen molar-refractivity contribution in [3.8, 4) is 0 Å². The Balaban J connectivity index is 2.62. The average molecular weight is 398 g/mol. The molecule has 0 aliphatic heterocycles. The van der Waals surface area contributed by atoms with E-state index in [1.807, 2.05) is 38.1 Å². The molecule has 0 fully saturated rings. The third-order valence-corrected chi connectivity index (χ3v) is 8.16. The van der Waals surface area contributed by atoms with Crippen molar-refractivity contribution < 1.29 is 8.85 Å². The van der Waals surface area contributed by atoms with Gasteiger partial charge in [-0.1, -0.05) is 48.5 Å². The highest BCUT2D eigenvalue weighted by Crippen LogP contribution is 2.14. The lowest BCUT2D eigenvalue weighted by molar-refractivity contribution is 0.208. The van der Waals surface area contributed by atoms with Crippen LogP contribution in [0.5, 0.6) is 0 Å². The molecule has 0 radical (unpaired) electrons. The molecule has 0 aliphatic carbocycles. The highest BCUT2D eigenvalue weighted by molar-refractivity contribution is 14.1. The summed E-state index contributed by atoms with van der Waals surface area (Å²) in [6.07, 6.45) is 0. The van der Waals surface area contributed by atoms with Crippen LogP contribution in [0.4, 0.5) is 0 Å². The minimum absolute atomic E-state index is 0.645. The summed E-state index contributed by atoms with van der Waals surface area (Å²) in [6.45, 7) is 5.34. The summed E-state index contributed by atoms with van der Waals surface area (Å²) in [7, 11) is -2.60. The van der Waals surface area contributed by atoms with Crippen LogP contribution in [0, 0.1) is 3.57 Å². The van der Waals surface area contributed by atoms with E-state index in [9.17, 15) is 0 Å². The SMILES string of the molecule is CCO[Si](OCC)(c1ccccc1)c1ccccc1I. The normalized spacial score (nSPS) is 11.6. The molecule has 2 aromatic carbocycles. The lowest BCUT2D eigenvalue weighted by Crippen LogP contribution is -2.64. The molecule has 0 N–H and O–H groups in total. The molecule has 106 valence electrons. The largest absolute Gasteiger partial charge is 0.408 e. The van der Waals surface area contributed by atoms with E-state index < -0.39 is 8.56 Å². The quantitative estimate of drug-likeness (QED) is 0.551. The van der Waals surface area contributed by atoms with Crippen LogP contribution in [-0.4, -0.2) is 21.8 Å². The first kappa shape index (κ1) is 15.7. The van der Waals surface area contributed by atoms with Crippen molar-refractivity contribution in [3.63, 3.8) is 0 Å². The molecule has 0 aliphatic rings. The number of hydrogen-bond acceptors (Lipinski definition) is 2. The second kappa shape index (κ2) is 7.35. The van der Waals surface area contributed by atoms with Gasteiger partial charge in [-0.25, -0.2) is 0 Å². The molecule has 0 spiro atoms. The van der Waals surface area contributed by atoms with E-state index in [1.54, 1.807) is 0 Å². The van der Waals surface area contributed by atoms with Crippen molar-refractivity contribution in [2.24, 2.45) is 0 Å². The van der Waals surface area contributed by atoms with Gasteiger partial charge in [0, 0.05) is 22.0 Å². The fourth-order valence-corrected chi connectivity index (χ4v) is 6.96. The predicted octanol–water partition coefficient (Wildman–Crippen LogP) is 2.92. The molecule has 0 heterocycles. The fourth-order valence-electron chi connectivity index (χ4n) is 2.31. The van der Waals surface area contributed by atoms with Gasteiger partial charge in [0.15, 0.2) is 0 Å². The summed E-state index contributed by atoms with van der Waals surface area (Å²) in [5.41, 5.74) is 0. The summed E-state index contributed by atoms with van der Waals surface area (Å²) >= 11 is 2.37. The maximum atomic E-state index is 6.23. The fraction of sp³-hybridized carbons (Fsp3) is 0.250. The van der Waals surface area contributed by atoms with Gasteiger partial charge in [-0.15, -0.1) is 0 Å². The summed E-state index contributed by atoms with van der Waals surface area (Å²) in [5, 5.41) is 2.35. The molecule has 0 bridgehead atoms. The zero-order valence-electron chi connectivity index (χ0n) is 11.8. The van der Waals surface area contributed by atoms with Gasteiger partial charge >= 0.3 is 8.56 Å². The van der Waals surface area contributed by atoms with E-state index in [2.05, 4.69) is 52.9 Å². The first-order valence-electron chi connectivity index (χ1n) is 6.83. The van der Waals surface area contributed by atoms with E-state index in [0.29, 0.717) is 13.2 Å². The summed E-state index contributed by atoms with van der Waals surface area (Å²) in [4.78, 5) is 0. The van der Waals surface area contributed by atoms with Gasteiger partial charge in [0.1, 0.15) is 0 Å². The van der Waals surface area contributed by atoms with E-state index in [-0.39, 0.29) is 0 Å². The third-order valence-electron chi connectivity index (χ3n) is 3.08. The first-order chi connectivity index (χ1) is 9.74. The summed E-state index contributed by atoms with van der Waals surface area (Å²) in [6, 6.07) is 18.7. The summed E-state index contributed by atoms with van der Waals surface area (Å²) in [5.74, 6) is 0. The zero-order valence-corrected chi connectivity index (χ0v) is 15.0. The lowest BCUT2D eigenvalue weighted by Gasteiger charge is -2.31. The van der Waals surface area contributed by atoms with Gasteiger partial charge in [0.2, 0.25) is 0 Å². The van der Waals surface area contributed by atoms with E-state index >= 15 is 0 Å². The maximum Gasteiger partial charge on any atom is 0.408 e. The average Bonchev–Trinajstić information content (AvgIpc) is 2.48. The molecule has 0 saturated carbocycles. The molecule has 2 nitrogen and oxygen atoms in total. The van der Waals surface area contributed by atoms with E-state index in [1.165, 1.54) is 8.76 Å². The molecule has 0 aromatic heterocycles. The number of hydrogen-bond donors (Lipinski definition) is 0. The van der Waals surface area contributed by atoms with E-state index in [4.69, 9.17) is 8.85 Å². The Morgan fingerprint density at radius 3 is 1.95 bits per heavy atom. The second-order valence-corrected chi connectivity index (χ2v) is 8.42. The van der Waals surface area contributed by atoms with Crippen molar-refractivity contribution in [2.45, 2.75) is 13.8 Å². The van der Waals surface area contributed by atoms with Crippen LogP contribution >= 0.6 is 22.6 Å². The van der Waals surface area contributed by atoms with Crippen LogP contribution in [-0.2, 0) is 8.85 Å². The monoisotopic (exact) mass is 398 g/mol. The molecule has 2 aromatic rings. The number of halogens is 1. The smallest absolute Gasteiger partial charge is 0.388 e. The van der Waals surface area contributed by atoms with E-state index in [0.717, 1.165) is 5.19 Å². The minimum Gasteiger partial charge on any atom is -0.388 e. The van der Waals surface area contributed by atoms with Crippen LogP contribution in [0.25, 0.3) is 0 Å². The topological polar surface area (TPSA) is 18.5 Å². The van der Waals surface area contributed by atoms with Crippen LogP contribution in [0.15, 0.2) is 54.6 Å². The highest BCUT2D eigenvalue weighted by Gasteiger charge is 2.43. The third kappa shape index (κ3) is 3.14. The Labute approximate surface area is 135 Å². The Morgan fingerprint density at radius 1 is 0.850 bits per heavy atom. The Kier molecular flexibility index (Phi) is 5.77. The standard InChI is InChI=1S/C16H19IO2Si/c1-3-18-20(19-4-2,14-10-6-5-7-11-14)16-13-9-8-12-15(16)17/h5-13H,3-4H2,1-2H3. The van der Waals surface area contributed by atoms with Gasteiger partial charge in [-0.2, -0.15) is 0 Å². The van der Waals surface area contributed by atoms with Gasteiger partial charge in [0.05, 0.1) is 0 Å². The van der Waals surface area contributed by atoms with Gasteiger partial charge < -0.3 is 8.85 Å². The van der Waals surface area contributed by atoms with Crippen molar-refractivity contribution >= 4 is 41.5 Å². The van der Waals surface area contributed by atoms with Gasteiger partial charge in [-0.3, -0.25) is 0 Å². The minimum atomic E-state index is -2.60. The molecule has 4 heteroatoms. The number of rotatable bonds is 6. The van der Waals surface area contributed by atoms with Crippen molar-refractivity contribution in [2.75, 3.05) is 13.2 Å². The Hall–Kier alpha value is -0.693. The molecular formula is C16H19IO2Si. The first-order valence-corrected chi connectivity index (χ1v) is 9.72. The lowest BCUT2D eigenvalue weighted by atomic mass is 10.4. The van der Waals surface area contributed by atoms with Crippen molar-refractivity contribution in [1.82, 2.24) is 0 Å². The van der Waals surface area contributed by atoms with Crippen LogP contribution in [0.3, 0.4) is 0 Å². The van der Waals surface area contributed by atoms with Crippen LogP contribution in [0.1, 0.15) is 13.8 Å². The molecule has 0 saturated heterocycles. The van der Waals surface area contributed by atoms with Crippen molar-refractivity contribution in [3.05, 3.63) is 58.2 Å². The van der Waals surface area contributed by atoms with Crippen molar-refractivity contribution in [1.29, 1.82) is 0 Å². The second-order valence-electron chi connectivity index (χ2n) is 4.33. The molecule has 0 atom stereocenters. The highest BCUT2D eigenvalue weighted by atomic mass is 127. The van der Waals surface area contributed by atoms with Gasteiger partial charge in [-0.05, 0) is 47.7 Å². The summed E-state index contributed by atoms with van der Waals surface area (Å²) < 4.78 is 13.7. The molecule has 20 heavy (non-hydrogen) atoms. The van der Waals surface area contributed by atoms with Gasteiger partial charge in [0.25, 0.3) is 0 Å². The molecular weight excluding hydrogens is 379 g/mol. The van der Waals surface area contributed by atoms with Crippen LogP contribution in [0.2, 0.25) is 0 Å². The Bertz CT molecular complexity index is 539. The van der Waals surface area contributed by atoms with Crippen LogP contribution < -0.4 is 10.4 Å². The number of benzene rings is 2. The molecule has 0 unspecified atom stereocenters. The zero-order chi connectivity index (χ0) is 14.4. The Morgan fingerprint density at radius 2 is 1.40 bits per heavy atom. The maximum absolute atomic E-state index is 6.23. The predicted molar refractivity (Wildman–Crippen MR) is 93.9 cm³/mol. The molecule has 0 amide bonds.